The van der Waals surface area contributed by atoms with E-state index in [-0.39, 0.29) is 24.6 Å². The van der Waals surface area contributed by atoms with Crippen molar-refractivity contribution in [3.05, 3.63) is 93.5 Å². The summed E-state index contributed by atoms with van der Waals surface area (Å²) in [6.07, 6.45) is -10.0. The molecule has 9 heteroatoms. The summed E-state index contributed by atoms with van der Waals surface area (Å²) in [6.45, 7) is -0.137. The molecular weight excluding hydrogens is 500 g/mol. The number of rotatable bonds is 5. The minimum Gasteiger partial charge on any atom is -0.352 e. The Morgan fingerprint density at radius 3 is 1.88 bits per heavy atom. The molecule has 0 saturated carbocycles. The number of nitrogens with one attached hydrogen (secondary N) is 1. The van der Waals surface area contributed by atoms with E-state index in [2.05, 4.69) is 21.2 Å². The first-order chi connectivity index (χ1) is 15.0. The van der Waals surface area contributed by atoms with Gasteiger partial charge in [0, 0.05) is 16.6 Å². The first-order valence-electron chi connectivity index (χ1n) is 9.37. The number of alkyl halides is 6. The molecule has 3 aromatic carbocycles. The number of amides is 1. The van der Waals surface area contributed by atoms with Gasteiger partial charge in [-0.15, -0.1) is 0 Å². The van der Waals surface area contributed by atoms with Crippen molar-refractivity contribution in [2.75, 3.05) is 6.54 Å². The molecule has 0 atom stereocenters. The lowest BCUT2D eigenvalue weighted by Gasteiger charge is -2.15. The molecule has 0 aliphatic heterocycles. The van der Waals surface area contributed by atoms with Gasteiger partial charge in [0.15, 0.2) is 0 Å². The molecule has 0 aromatic heterocycles. The Balaban J connectivity index is 1.78. The predicted molar refractivity (Wildman–Crippen MR) is 112 cm³/mol. The molecule has 0 saturated heterocycles. The average Bonchev–Trinajstić information content (AvgIpc) is 2.72. The lowest BCUT2D eigenvalue weighted by molar-refractivity contribution is -0.143. The van der Waals surface area contributed by atoms with Crippen LogP contribution in [0.5, 0.6) is 0 Å². The third kappa shape index (κ3) is 5.70. The van der Waals surface area contributed by atoms with Gasteiger partial charge in [-0.2, -0.15) is 26.3 Å². The normalized spacial score (nSPS) is 12.0. The highest BCUT2D eigenvalue weighted by Crippen LogP contribution is 2.36. The van der Waals surface area contributed by atoms with Crippen LogP contribution >= 0.6 is 15.9 Å². The number of hydrogen-bond acceptors (Lipinski definition) is 1. The second kappa shape index (κ2) is 9.36. The van der Waals surface area contributed by atoms with Crippen molar-refractivity contribution in [2.45, 2.75) is 18.8 Å². The molecule has 0 spiro atoms. The van der Waals surface area contributed by atoms with E-state index in [0.29, 0.717) is 23.3 Å². The Morgan fingerprint density at radius 1 is 0.781 bits per heavy atom. The third-order valence-electron chi connectivity index (χ3n) is 4.68. The van der Waals surface area contributed by atoms with Crippen LogP contribution in [0.15, 0.2) is 71.2 Å². The van der Waals surface area contributed by atoms with Crippen LogP contribution in [0.4, 0.5) is 26.3 Å². The van der Waals surface area contributed by atoms with Gasteiger partial charge < -0.3 is 5.32 Å². The molecule has 3 rings (SSSR count). The molecule has 32 heavy (non-hydrogen) atoms. The zero-order chi connectivity index (χ0) is 23.5. The molecule has 1 N–H and O–H groups in total. The molecule has 0 fully saturated rings. The molecule has 3 aromatic rings. The number of benzene rings is 3. The molecule has 0 unspecified atom stereocenters. The van der Waals surface area contributed by atoms with Crippen LogP contribution in [-0.2, 0) is 18.8 Å². The fraction of sp³-hybridized carbons (Fsp3) is 0.174. The maximum atomic E-state index is 13.0. The van der Waals surface area contributed by atoms with Gasteiger partial charge in [0.2, 0.25) is 0 Å². The van der Waals surface area contributed by atoms with E-state index in [1.807, 2.05) is 18.2 Å². The van der Waals surface area contributed by atoms with Gasteiger partial charge in [-0.3, -0.25) is 4.79 Å². The van der Waals surface area contributed by atoms with E-state index in [1.165, 1.54) is 0 Å². The summed E-state index contributed by atoms with van der Waals surface area (Å²) in [7, 11) is 0. The predicted octanol–water partition coefficient (Wildman–Crippen LogP) is 7.13. The summed E-state index contributed by atoms with van der Waals surface area (Å²) in [5.74, 6) is -0.487. The zero-order valence-corrected chi connectivity index (χ0v) is 17.9. The highest BCUT2D eigenvalue weighted by Gasteiger charge is 2.36. The summed E-state index contributed by atoms with van der Waals surface area (Å²) in [4.78, 5) is 12.7. The highest BCUT2D eigenvalue weighted by molar-refractivity contribution is 9.10. The van der Waals surface area contributed by atoms with Crippen LogP contribution in [0.3, 0.4) is 0 Å². The van der Waals surface area contributed by atoms with Crippen LogP contribution in [0, 0.1) is 0 Å². The van der Waals surface area contributed by atoms with Gasteiger partial charge in [0.1, 0.15) is 0 Å². The standard InChI is InChI=1S/C23H16BrF6NO/c24-20-8-4-3-6-18(20)17-5-1-2-7-19(17)21(32)31-10-9-14-11-15(22(25,26)27)13-16(12-14)23(28,29)30/h1-8,11-13H,9-10H2,(H,31,32). The smallest absolute Gasteiger partial charge is 0.352 e. The van der Waals surface area contributed by atoms with Crippen LogP contribution in [0.1, 0.15) is 27.0 Å². The van der Waals surface area contributed by atoms with Crippen molar-refractivity contribution >= 4 is 21.8 Å². The molecule has 0 radical (unpaired) electrons. The van der Waals surface area contributed by atoms with E-state index >= 15 is 0 Å². The molecule has 0 aliphatic carbocycles. The van der Waals surface area contributed by atoms with E-state index < -0.39 is 29.4 Å². The van der Waals surface area contributed by atoms with Crippen molar-refractivity contribution in [1.82, 2.24) is 5.32 Å². The molecule has 0 heterocycles. The number of hydrogen-bond donors (Lipinski definition) is 1. The van der Waals surface area contributed by atoms with Gasteiger partial charge in [-0.25, -0.2) is 0 Å². The van der Waals surface area contributed by atoms with Gasteiger partial charge in [-0.05, 0) is 53.4 Å². The number of halogens is 7. The van der Waals surface area contributed by atoms with Gasteiger partial charge in [-0.1, -0.05) is 52.3 Å². The van der Waals surface area contributed by atoms with Crippen molar-refractivity contribution in [3.63, 3.8) is 0 Å². The molecule has 0 aliphatic rings. The lowest BCUT2D eigenvalue weighted by atomic mass is 9.99. The molecular formula is C23H16BrF6NO. The zero-order valence-electron chi connectivity index (χ0n) is 16.3. The lowest BCUT2D eigenvalue weighted by Crippen LogP contribution is -2.26. The van der Waals surface area contributed by atoms with Crippen LogP contribution < -0.4 is 5.32 Å². The highest BCUT2D eigenvalue weighted by atomic mass is 79.9. The fourth-order valence-electron chi connectivity index (χ4n) is 3.17. The Hall–Kier alpha value is -2.81. The summed E-state index contributed by atoms with van der Waals surface area (Å²) in [5, 5.41) is 2.58. The second-order valence-electron chi connectivity index (χ2n) is 6.95. The van der Waals surface area contributed by atoms with E-state index in [9.17, 15) is 31.1 Å². The summed E-state index contributed by atoms with van der Waals surface area (Å²) < 4.78 is 78.8. The van der Waals surface area contributed by atoms with Crippen molar-refractivity contribution in [2.24, 2.45) is 0 Å². The second-order valence-corrected chi connectivity index (χ2v) is 7.80. The SMILES string of the molecule is O=C(NCCc1cc(C(F)(F)F)cc(C(F)(F)F)c1)c1ccccc1-c1ccccc1Br. The largest absolute Gasteiger partial charge is 0.416 e. The first kappa shape index (κ1) is 23.8. The molecule has 168 valence electrons. The van der Waals surface area contributed by atoms with Gasteiger partial charge >= 0.3 is 12.4 Å². The van der Waals surface area contributed by atoms with Crippen molar-refractivity contribution in [1.29, 1.82) is 0 Å². The number of carbonyl (C=O) groups is 1. The first-order valence-corrected chi connectivity index (χ1v) is 10.2. The van der Waals surface area contributed by atoms with Crippen molar-refractivity contribution in [3.8, 4) is 11.1 Å². The van der Waals surface area contributed by atoms with E-state index in [4.69, 9.17) is 0 Å². The average molecular weight is 516 g/mol. The maximum absolute atomic E-state index is 13.0. The Morgan fingerprint density at radius 2 is 1.31 bits per heavy atom. The Bertz CT molecular complexity index is 1090. The quantitative estimate of drug-likeness (QED) is 0.360. The van der Waals surface area contributed by atoms with Crippen LogP contribution in [0.2, 0.25) is 0 Å². The van der Waals surface area contributed by atoms with Crippen LogP contribution in [-0.4, -0.2) is 12.5 Å². The minimum atomic E-state index is -4.92. The van der Waals surface area contributed by atoms with Gasteiger partial charge in [0.05, 0.1) is 11.1 Å². The van der Waals surface area contributed by atoms with Crippen molar-refractivity contribution < 1.29 is 31.1 Å². The summed E-state index contributed by atoms with van der Waals surface area (Å²) in [6, 6.07) is 15.4. The summed E-state index contributed by atoms with van der Waals surface area (Å²) in [5.41, 5.74) is -1.20. The third-order valence-corrected chi connectivity index (χ3v) is 5.37. The molecule has 0 bridgehead atoms. The minimum absolute atomic E-state index is 0.0794. The number of carbonyl (C=O) groups excluding carboxylic acids is 1. The maximum Gasteiger partial charge on any atom is 0.416 e. The Kier molecular flexibility index (Phi) is 6.97. The van der Waals surface area contributed by atoms with Crippen LogP contribution in [0.25, 0.3) is 11.1 Å². The monoisotopic (exact) mass is 515 g/mol. The molecule has 2 nitrogen and oxygen atoms in total. The molecule has 1 amide bonds. The topological polar surface area (TPSA) is 29.1 Å². The van der Waals surface area contributed by atoms with Gasteiger partial charge in [0.25, 0.3) is 5.91 Å². The Labute approximate surface area is 188 Å². The fourth-order valence-corrected chi connectivity index (χ4v) is 3.67. The van der Waals surface area contributed by atoms with E-state index in [1.54, 1.807) is 30.3 Å². The van der Waals surface area contributed by atoms with E-state index in [0.717, 1.165) is 10.0 Å². The summed E-state index contributed by atoms with van der Waals surface area (Å²) >= 11 is 3.43.